The predicted molar refractivity (Wildman–Crippen MR) is 63.5 cm³/mol. The van der Waals surface area contributed by atoms with E-state index >= 15 is 0 Å². The molecule has 82 valence electrons. The highest BCUT2D eigenvalue weighted by Crippen LogP contribution is 2.12. The fourth-order valence-corrected chi connectivity index (χ4v) is 1.64. The number of halogens is 1. The Morgan fingerprint density at radius 3 is 2.47 bits per heavy atom. The Labute approximate surface area is 95.6 Å². The Balaban J connectivity index is 2.78. The van der Waals surface area contributed by atoms with Crippen molar-refractivity contribution in [3.8, 4) is 0 Å². The van der Waals surface area contributed by atoms with Crippen LogP contribution in [0.5, 0.6) is 0 Å². The average molecular weight is 226 g/mol. The monoisotopic (exact) mass is 225 g/mol. The summed E-state index contributed by atoms with van der Waals surface area (Å²) < 4.78 is 0. The van der Waals surface area contributed by atoms with Gasteiger partial charge in [0.1, 0.15) is 0 Å². The van der Waals surface area contributed by atoms with Gasteiger partial charge in [-0.25, -0.2) is 0 Å². The van der Waals surface area contributed by atoms with Gasteiger partial charge in [0.15, 0.2) is 5.78 Å². The zero-order chi connectivity index (χ0) is 11.3. The third-order valence-corrected chi connectivity index (χ3v) is 2.62. The number of nitrogens with one attached hydrogen (secondary N) is 1. The highest BCUT2D eigenvalue weighted by molar-refractivity contribution is 6.30. The molecule has 0 fully saturated rings. The first kappa shape index (κ1) is 12.2. The molecule has 0 spiro atoms. The number of rotatable bonds is 5. The SMILES string of the molecule is CCC[C@@H](NC)C(=O)c1ccc(Cl)cc1. The largest absolute Gasteiger partial charge is 0.310 e. The molecule has 0 aliphatic carbocycles. The summed E-state index contributed by atoms with van der Waals surface area (Å²) in [5.41, 5.74) is 0.715. The maximum Gasteiger partial charge on any atom is 0.179 e. The van der Waals surface area contributed by atoms with Gasteiger partial charge < -0.3 is 5.32 Å². The van der Waals surface area contributed by atoms with Crippen LogP contribution in [0.3, 0.4) is 0 Å². The van der Waals surface area contributed by atoms with Gasteiger partial charge in [-0.2, -0.15) is 0 Å². The molecule has 15 heavy (non-hydrogen) atoms. The molecule has 0 unspecified atom stereocenters. The molecular weight excluding hydrogens is 210 g/mol. The van der Waals surface area contributed by atoms with Crippen LogP contribution in [0.25, 0.3) is 0 Å². The molecular formula is C12H16ClNO. The van der Waals surface area contributed by atoms with E-state index in [2.05, 4.69) is 12.2 Å². The lowest BCUT2D eigenvalue weighted by molar-refractivity contribution is 0.0942. The number of hydrogen-bond acceptors (Lipinski definition) is 2. The van der Waals surface area contributed by atoms with Gasteiger partial charge in [0.2, 0.25) is 0 Å². The summed E-state index contributed by atoms with van der Waals surface area (Å²) in [4.78, 5) is 12.0. The van der Waals surface area contributed by atoms with Crippen LogP contribution >= 0.6 is 11.6 Å². The molecule has 0 aromatic heterocycles. The summed E-state index contributed by atoms with van der Waals surface area (Å²) in [6, 6.07) is 6.94. The van der Waals surface area contributed by atoms with Crippen molar-refractivity contribution in [1.29, 1.82) is 0 Å². The highest BCUT2D eigenvalue weighted by atomic mass is 35.5. The smallest absolute Gasteiger partial charge is 0.179 e. The van der Waals surface area contributed by atoms with Crippen molar-refractivity contribution < 1.29 is 4.79 Å². The Morgan fingerprint density at radius 1 is 1.40 bits per heavy atom. The lowest BCUT2D eigenvalue weighted by Gasteiger charge is -2.13. The van der Waals surface area contributed by atoms with Crippen molar-refractivity contribution in [2.24, 2.45) is 0 Å². The molecule has 0 aliphatic rings. The van der Waals surface area contributed by atoms with Gasteiger partial charge in [-0.3, -0.25) is 4.79 Å². The van der Waals surface area contributed by atoms with Crippen molar-refractivity contribution in [3.05, 3.63) is 34.9 Å². The fraction of sp³-hybridized carbons (Fsp3) is 0.417. The molecule has 0 saturated heterocycles. The first-order valence-electron chi connectivity index (χ1n) is 5.16. The number of ketones is 1. The molecule has 3 heteroatoms. The number of Topliss-reactive ketones (excluding diaryl/α,β-unsaturated/α-hetero) is 1. The second kappa shape index (κ2) is 5.89. The summed E-state index contributed by atoms with van der Waals surface area (Å²) >= 11 is 5.76. The molecule has 0 bridgehead atoms. The van der Waals surface area contributed by atoms with E-state index in [4.69, 9.17) is 11.6 Å². The second-order valence-electron chi connectivity index (χ2n) is 3.50. The standard InChI is InChI=1S/C12H16ClNO/c1-3-4-11(14-2)12(15)9-5-7-10(13)8-6-9/h5-8,11,14H,3-4H2,1-2H3/t11-/m1/s1. The third kappa shape index (κ3) is 3.33. The lowest BCUT2D eigenvalue weighted by atomic mass is 10.0. The molecule has 0 radical (unpaired) electrons. The maximum absolute atomic E-state index is 12.0. The Hall–Kier alpha value is -0.860. The minimum atomic E-state index is -0.0869. The topological polar surface area (TPSA) is 29.1 Å². The van der Waals surface area contributed by atoms with Gasteiger partial charge >= 0.3 is 0 Å². The first-order valence-corrected chi connectivity index (χ1v) is 5.54. The molecule has 0 saturated carbocycles. The third-order valence-electron chi connectivity index (χ3n) is 2.37. The van der Waals surface area contributed by atoms with Gasteiger partial charge in [-0.05, 0) is 37.7 Å². The number of benzene rings is 1. The van der Waals surface area contributed by atoms with Crippen molar-refractivity contribution >= 4 is 17.4 Å². The van der Waals surface area contributed by atoms with E-state index in [0.29, 0.717) is 10.6 Å². The van der Waals surface area contributed by atoms with Crippen LogP contribution in [-0.2, 0) is 0 Å². The van der Waals surface area contributed by atoms with Gasteiger partial charge in [0, 0.05) is 10.6 Å². The van der Waals surface area contributed by atoms with E-state index in [9.17, 15) is 4.79 Å². The zero-order valence-electron chi connectivity index (χ0n) is 9.09. The minimum Gasteiger partial charge on any atom is -0.310 e. The van der Waals surface area contributed by atoms with E-state index in [-0.39, 0.29) is 11.8 Å². The van der Waals surface area contributed by atoms with E-state index in [1.165, 1.54) is 0 Å². The van der Waals surface area contributed by atoms with Crippen molar-refractivity contribution in [1.82, 2.24) is 5.32 Å². The number of carbonyl (C=O) groups excluding carboxylic acids is 1. The summed E-state index contributed by atoms with van der Waals surface area (Å²) in [7, 11) is 1.81. The summed E-state index contributed by atoms with van der Waals surface area (Å²) in [6.07, 6.45) is 1.85. The molecule has 1 aromatic carbocycles. The van der Waals surface area contributed by atoms with E-state index in [1.54, 1.807) is 24.3 Å². The summed E-state index contributed by atoms with van der Waals surface area (Å²) in [6.45, 7) is 2.07. The van der Waals surface area contributed by atoms with Crippen molar-refractivity contribution in [2.75, 3.05) is 7.05 Å². The van der Waals surface area contributed by atoms with Crippen LogP contribution in [0.1, 0.15) is 30.1 Å². The van der Waals surface area contributed by atoms with Gasteiger partial charge in [-0.15, -0.1) is 0 Å². The number of likely N-dealkylation sites (N-methyl/N-ethyl adjacent to an activating group) is 1. The molecule has 1 rings (SSSR count). The number of hydrogen-bond donors (Lipinski definition) is 1. The zero-order valence-corrected chi connectivity index (χ0v) is 9.84. The van der Waals surface area contributed by atoms with Crippen LogP contribution in [0, 0.1) is 0 Å². The predicted octanol–water partition coefficient (Wildman–Crippen LogP) is 2.91. The summed E-state index contributed by atoms with van der Waals surface area (Å²) in [5.74, 6) is 0.135. The van der Waals surface area contributed by atoms with Gasteiger partial charge in [-0.1, -0.05) is 24.9 Å². The Bertz CT molecular complexity index is 321. The van der Waals surface area contributed by atoms with Gasteiger partial charge in [0.05, 0.1) is 6.04 Å². The van der Waals surface area contributed by atoms with Crippen LogP contribution in [0.15, 0.2) is 24.3 Å². The number of carbonyl (C=O) groups is 1. The molecule has 0 amide bonds. The van der Waals surface area contributed by atoms with Crippen LogP contribution in [0.2, 0.25) is 5.02 Å². The van der Waals surface area contributed by atoms with Crippen molar-refractivity contribution in [2.45, 2.75) is 25.8 Å². The normalized spacial score (nSPS) is 12.5. The molecule has 1 atom stereocenters. The van der Waals surface area contributed by atoms with Crippen LogP contribution in [-0.4, -0.2) is 18.9 Å². The second-order valence-corrected chi connectivity index (χ2v) is 3.94. The highest BCUT2D eigenvalue weighted by Gasteiger charge is 2.16. The Morgan fingerprint density at radius 2 is 2.00 bits per heavy atom. The summed E-state index contributed by atoms with van der Waals surface area (Å²) in [5, 5.41) is 3.69. The fourth-order valence-electron chi connectivity index (χ4n) is 1.51. The van der Waals surface area contributed by atoms with Crippen molar-refractivity contribution in [3.63, 3.8) is 0 Å². The molecule has 0 heterocycles. The average Bonchev–Trinajstić information content (AvgIpc) is 2.26. The molecule has 0 aliphatic heterocycles. The molecule has 2 nitrogen and oxygen atoms in total. The van der Waals surface area contributed by atoms with E-state index < -0.39 is 0 Å². The quantitative estimate of drug-likeness (QED) is 0.781. The van der Waals surface area contributed by atoms with Crippen LogP contribution in [0.4, 0.5) is 0 Å². The van der Waals surface area contributed by atoms with E-state index in [1.807, 2.05) is 7.05 Å². The first-order chi connectivity index (χ1) is 7.19. The van der Waals surface area contributed by atoms with E-state index in [0.717, 1.165) is 12.8 Å². The molecule has 1 N–H and O–H groups in total. The lowest BCUT2D eigenvalue weighted by Crippen LogP contribution is -2.33. The minimum absolute atomic E-state index is 0.0869. The maximum atomic E-state index is 12.0. The van der Waals surface area contributed by atoms with Gasteiger partial charge in [0.25, 0.3) is 0 Å². The Kier molecular flexibility index (Phi) is 4.79. The van der Waals surface area contributed by atoms with Crippen LogP contribution < -0.4 is 5.32 Å². The molecule has 1 aromatic rings.